The number of fused-ring (bicyclic) bond motifs is 1. The molecule has 0 atom stereocenters. The molecule has 0 bridgehead atoms. The van der Waals surface area contributed by atoms with Gasteiger partial charge in [0, 0.05) is 5.56 Å². The first-order valence-electron chi connectivity index (χ1n) is 5.91. The van der Waals surface area contributed by atoms with E-state index < -0.39 is 0 Å². The number of hydrogen-bond acceptors (Lipinski definition) is 2. The van der Waals surface area contributed by atoms with Crippen molar-refractivity contribution in [3.05, 3.63) is 59.4 Å². The maximum atomic E-state index is 13.5. The second-order valence-electron chi connectivity index (χ2n) is 4.39. The van der Waals surface area contributed by atoms with E-state index in [9.17, 15) is 9.18 Å². The third-order valence-electron chi connectivity index (χ3n) is 3.04. The summed E-state index contributed by atoms with van der Waals surface area (Å²) in [6, 6.07) is 12.0. The second kappa shape index (κ2) is 4.31. The highest BCUT2D eigenvalue weighted by Crippen LogP contribution is 2.25. The molecule has 0 saturated carbocycles. The molecule has 3 nitrogen and oxygen atoms in total. The van der Waals surface area contributed by atoms with Crippen molar-refractivity contribution in [3.8, 4) is 0 Å². The molecule has 1 aliphatic rings. The maximum Gasteiger partial charge on any atom is 0.275 e. The molecule has 0 unspecified atom stereocenters. The van der Waals surface area contributed by atoms with E-state index >= 15 is 0 Å². The third-order valence-corrected chi connectivity index (χ3v) is 3.04. The number of carbonyl (C=O) groups is 1. The Labute approximate surface area is 109 Å². The Hall–Kier alpha value is -2.49. The average molecular weight is 254 g/mol. The summed E-state index contributed by atoms with van der Waals surface area (Å²) in [7, 11) is 0. The van der Waals surface area contributed by atoms with Crippen LogP contribution in [0.4, 0.5) is 15.8 Å². The summed E-state index contributed by atoms with van der Waals surface area (Å²) in [4.78, 5) is 16.1. The van der Waals surface area contributed by atoms with Crippen LogP contribution in [0.2, 0.25) is 0 Å². The molecule has 0 saturated heterocycles. The van der Waals surface area contributed by atoms with Crippen molar-refractivity contribution in [2.75, 3.05) is 5.32 Å². The number of rotatable bonds is 1. The first-order valence-corrected chi connectivity index (χ1v) is 5.91. The van der Waals surface area contributed by atoms with Crippen LogP contribution in [-0.2, 0) is 4.79 Å². The molecule has 94 valence electrons. The van der Waals surface area contributed by atoms with Gasteiger partial charge in [-0.2, -0.15) is 0 Å². The SMILES string of the molecule is Cc1ccc(N=C2C(=O)Nc3ccccc32)cc1F. The summed E-state index contributed by atoms with van der Waals surface area (Å²) < 4.78 is 13.5. The summed E-state index contributed by atoms with van der Waals surface area (Å²) in [5, 5.41) is 2.73. The van der Waals surface area contributed by atoms with Crippen LogP contribution in [0.5, 0.6) is 0 Å². The number of aliphatic imine (C=N–C) groups is 1. The zero-order chi connectivity index (χ0) is 13.4. The molecule has 19 heavy (non-hydrogen) atoms. The molecule has 0 fully saturated rings. The average Bonchev–Trinajstić information content (AvgIpc) is 2.71. The monoisotopic (exact) mass is 254 g/mol. The predicted molar refractivity (Wildman–Crippen MR) is 72.4 cm³/mol. The minimum Gasteiger partial charge on any atom is -0.320 e. The summed E-state index contributed by atoms with van der Waals surface area (Å²) in [6.07, 6.45) is 0. The Morgan fingerprint density at radius 3 is 2.74 bits per heavy atom. The van der Waals surface area contributed by atoms with Crippen LogP contribution in [0.25, 0.3) is 0 Å². The molecule has 2 aromatic carbocycles. The lowest BCUT2D eigenvalue weighted by Crippen LogP contribution is -2.13. The van der Waals surface area contributed by atoms with Crippen molar-refractivity contribution in [2.24, 2.45) is 4.99 Å². The van der Waals surface area contributed by atoms with Crippen molar-refractivity contribution in [2.45, 2.75) is 6.92 Å². The highest BCUT2D eigenvalue weighted by molar-refractivity contribution is 6.54. The van der Waals surface area contributed by atoms with Gasteiger partial charge in [-0.05, 0) is 30.7 Å². The van der Waals surface area contributed by atoms with Crippen LogP contribution in [0.1, 0.15) is 11.1 Å². The quantitative estimate of drug-likeness (QED) is 0.834. The van der Waals surface area contributed by atoms with Crippen LogP contribution >= 0.6 is 0 Å². The number of anilines is 1. The lowest BCUT2D eigenvalue weighted by atomic mass is 10.1. The number of para-hydroxylation sites is 1. The smallest absolute Gasteiger partial charge is 0.275 e. The highest BCUT2D eigenvalue weighted by atomic mass is 19.1. The van der Waals surface area contributed by atoms with Gasteiger partial charge in [-0.3, -0.25) is 4.79 Å². The van der Waals surface area contributed by atoms with Crippen LogP contribution in [0.3, 0.4) is 0 Å². The van der Waals surface area contributed by atoms with Gasteiger partial charge in [-0.1, -0.05) is 24.3 Å². The van der Waals surface area contributed by atoms with Gasteiger partial charge in [-0.15, -0.1) is 0 Å². The summed E-state index contributed by atoms with van der Waals surface area (Å²) >= 11 is 0. The fourth-order valence-electron chi connectivity index (χ4n) is 1.99. The van der Waals surface area contributed by atoms with Crippen molar-refractivity contribution in [1.82, 2.24) is 0 Å². The third kappa shape index (κ3) is 2.01. The van der Waals surface area contributed by atoms with E-state index in [1.165, 1.54) is 6.07 Å². The fraction of sp³-hybridized carbons (Fsp3) is 0.0667. The largest absolute Gasteiger partial charge is 0.320 e. The van der Waals surface area contributed by atoms with Gasteiger partial charge in [0.15, 0.2) is 0 Å². The molecule has 1 aliphatic heterocycles. The normalized spacial score (nSPS) is 15.5. The number of benzene rings is 2. The number of hydrogen-bond donors (Lipinski definition) is 1. The van der Waals surface area contributed by atoms with E-state index in [4.69, 9.17) is 0 Å². The molecule has 1 heterocycles. The Balaban J connectivity index is 2.08. The standard InChI is InChI=1S/C15H11FN2O/c1-9-6-7-10(8-12(9)16)17-14-11-4-2-3-5-13(11)18-15(14)19/h2-8H,1H3,(H,17,18,19). The molecule has 0 spiro atoms. The van der Waals surface area contributed by atoms with E-state index in [1.54, 1.807) is 19.1 Å². The molecular weight excluding hydrogens is 243 g/mol. The zero-order valence-corrected chi connectivity index (χ0v) is 10.3. The van der Waals surface area contributed by atoms with Crippen LogP contribution in [0, 0.1) is 12.7 Å². The van der Waals surface area contributed by atoms with Crippen molar-refractivity contribution in [3.63, 3.8) is 0 Å². The molecule has 1 amide bonds. The first-order chi connectivity index (χ1) is 9.15. The number of halogens is 1. The summed E-state index contributed by atoms with van der Waals surface area (Å²) in [5.41, 5.74) is 2.79. The number of nitrogens with one attached hydrogen (secondary N) is 1. The van der Waals surface area contributed by atoms with Gasteiger partial charge >= 0.3 is 0 Å². The fourth-order valence-corrected chi connectivity index (χ4v) is 1.99. The van der Waals surface area contributed by atoms with Crippen molar-refractivity contribution < 1.29 is 9.18 Å². The maximum absolute atomic E-state index is 13.5. The zero-order valence-electron chi connectivity index (χ0n) is 10.3. The Morgan fingerprint density at radius 2 is 1.95 bits per heavy atom. The molecule has 3 rings (SSSR count). The first kappa shape index (κ1) is 11.6. The van der Waals surface area contributed by atoms with Crippen molar-refractivity contribution >= 4 is 23.0 Å². The lowest BCUT2D eigenvalue weighted by Gasteiger charge is -2.00. The van der Waals surface area contributed by atoms with Crippen LogP contribution in [0.15, 0.2) is 47.5 Å². The molecular formula is C15H11FN2O. The lowest BCUT2D eigenvalue weighted by molar-refractivity contribution is -0.110. The van der Waals surface area contributed by atoms with Gasteiger partial charge in [0.05, 0.1) is 11.4 Å². The van der Waals surface area contributed by atoms with Gasteiger partial charge in [0.1, 0.15) is 11.5 Å². The Bertz CT molecular complexity index is 707. The molecule has 4 heteroatoms. The topological polar surface area (TPSA) is 41.5 Å². The highest BCUT2D eigenvalue weighted by Gasteiger charge is 2.25. The Kier molecular flexibility index (Phi) is 2.63. The molecule has 0 aromatic heterocycles. The number of amides is 1. The van der Waals surface area contributed by atoms with E-state index in [-0.39, 0.29) is 11.7 Å². The van der Waals surface area contributed by atoms with Gasteiger partial charge in [0.2, 0.25) is 0 Å². The predicted octanol–water partition coefficient (Wildman–Crippen LogP) is 3.21. The van der Waals surface area contributed by atoms with Gasteiger partial charge in [-0.25, -0.2) is 9.38 Å². The second-order valence-corrected chi connectivity index (χ2v) is 4.39. The number of aryl methyl sites for hydroxylation is 1. The van der Waals surface area contributed by atoms with E-state index in [1.807, 2.05) is 24.3 Å². The summed E-state index contributed by atoms with van der Waals surface area (Å²) in [5.74, 6) is -0.587. The minimum absolute atomic E-state index is 0.262. The molecule has 0 aliphatic carbocycles. The van der Waals surface area contributed by atoms with E-state index in [0.717, 1.165) is 11.3 Å². The molecule has 0 radical (unpaired) electrons. The van der Waals surface area contributed by atoms with E-state index in [0.29, 0.717) is 17.0 Å². The van der Waals surface area contributed by atoms with Crippen molar-refractivity contribution in [1.29, 1.82) is 0 Å². The molecule has 1 N–H and O–H groups in total. The summed E-state index contributed by atoms with van der Waals surface area (Å²) in [6.45, 7) is 1.68. The van der Waals surface area contributed by atoms with Gasteiger partial charge in [0.25, 0.3) is 5.91 Å². The molecule has 2 aromatic rings. The minimum atomic E-state index is -0.325. The Morgan fingerprint density at radius 1 is 1.16 bits per heavy atom. The van der Waals surface area contributed by atoms with Crippen LogP contribution in [-0.4, -0.2) is 11.6 Å². The van der Waals surface area contributed by atoms with Crippen LogP contribution < -0.4 is 5.32 Å². The number of nitrogens with zero attached hydrogens (tertiary/aromatic N) is 1. The number of carbonyl (C=O) groups excluding carboxylic acids is 1. The van der Waals surface area contributed by atoms with Gasteiger partial charge < -0.3 is 5.32 Å². The van der Waals surface area contributed by atoms with E-state index in [2.05, 4.69) is 10.3 Å².